The topological polar surface area (TPSA) is 0 Å². The van der Waals surface area contributed by atoms with E-state index < -0.39 is 14.5 Å². The highest BCUT2D eigenvalue weighted by Gasteiger charge is 2.47. The van der Waals surface area contributed by atoms with Crippen molar-refractivity contribution in [1.82, 2.24) is 0 Å². The fourth-order valence-corrected chi connectivity index (χ4v) is 9.75. The molecule has 0 saturated heterocycles. The highest BCUT2D eigenvalue weighted by molar-refractivity contribution is 7.58. The summed E-state index contributed by atoms with van der Waals surface area (Å²) in [6, 6.07) is 4.95. The number of fused-ring (bicyclic) bond motifs is 2. The molecule has 0 amide bonds. The number of hydrogen-bond donors (Lipinski definition) is 0. The summed E-state index contributed by atoms with van der Waals surface area (Å²) in [7, 11) is -1.44. The Bertz CT molecular complexity index is 553. The number of hydrogen-bond acceptors (Lipinski definition) is 0. The molecule has 0 radical (unpaired) electrons. The van der Waals surface area contributed by atoms with Gasteiger partial charge >= 0.3 is 0 Å². The van der Waals surface area contributed by atoms with E-state index in [4.69, 9.17) is 11.1 Å². The molecule has 0 N–H and O–H groups in total. The molecule has 102 valence electrons. The van der Waals surface area contributed by atoms with Crippen LogP contribution < -0.4 is 0 Å². The van der Waals surface area contributed by atoms with Crippen LogP contribution in [0.25, 0.3) is 6.08 Å². The molecule has 0 fully saturated rings. The Labute approximate surface area is 123 Å². The first kappa shape index (κ1) is 13.7. The molecular weight excluding hydrogens is 284 g/mol. The Hall–Kier alpha value is -0.316. The van der Waals surface area contributed by atoms with E-state index in [-0.39, 0.29) is 0 Å². The Morgan fingerprint density at radius 1 is 1.05 bits per heavy atom. The van der Waals surface area contributed by atoms with E-state index in [1.54, 1.807) is 16.7 Å². The van der Waals surface area contributed by atoms with Gasteiger partial charge in [0.15, 0.2) is 0 Å². The average molecular weight is 307 g/mol. The minimum atomic E-state index is -1.58. The molecule has 1 unspecified atom stereocenters. The van der Waals surface area contributed by atoms with Gasteiger partial charge in [-0.1, -0.05) is 50.5 Å². The third-order valence-corrected chi connectivity index (χ3v) is 25.0. The van der Waals surface area contributed by atoms with Gasteiger partial charge in [0.2, 0.25) is 0 Å². The van der Waals surface area contributed by atoms with Crippen LogP contribution in [-0.4, -0.2) is 14.5 Å². The molecule has 1 atom stereocenters. The quantitative estimate of drug-likeness (QED) is 0.529. The molecule has 3 rings (SSSR count). The van der Waals surface area contributed by atoms with Crippen molar-refractivity contribution in [1.29, 1.82) is 0 Å². The van der Waals surface area contributed by atoms with Crippen LogP contribution in [0, 0.1) is 0 Å². The van der Waals surface area contributed by atoms with E-state index in [9.17, 15) is 0 Å². The summed E-state index contributed by atoms with van der Waals surface area (Å²) in [6.45, 7) is 8.06. The minimum absolute atomic E-state index is 0.632. The third kappa shape index (κ3) is 2.08. The van der Waals surface area contributed by atoms with Gasteiger partial charge in [0.05, 0.1) is 7.59 Å². The summed E-state index contributed by atoms with van der Waals surface area (Å²) in [5, 5.41) is 0. The van der Waals surface area contributed by atoms with Crippen molar-refractivity contribution in [3.63, 3.8) is 0 Å². The molecule has 1 aromatic carbocycles. The molecule has 0 nitrogen and oxygen atoms in total. The van der Waals surface area contributed by atoms with Gasteiger partial charge in [0.25, 0.3) is 0 Å². The predicted octanol–water partition coefficient (Wildman–Crippen LogP) is 5.06. The number of allylic oxidation sites excluding steroid dienone is 1. The van der Waals surface area contributed by atoms with Crippen LogP contribution in [-0.2, 0) is 12.8 Å². The van der Waals surface area contributed by atoms with Gasteiger partial charge in [0.1, 0.15) is 6.90 Å². The van der Waals surface area contributed by atoms with Crippen molar-refractivity contribution in [2.45, 2.75) is 51.0 Å². The highest BCUT2D eigenvalue weighted by Crippen LogP contribution is 2.43. The standard InChI is InChI=1S/C16H23ClSi2/c1-18(2,19(3,4)17)16-9-8-14-10-12-6-5-7-13(12)11-15(14)16/h8-11,16H,5-7H2,1-4H3. The zero-order valence-electron chi connectivity index (χ0n) is 12.4. The number of rotatable bonds is 2. The molecule has 0 heterocycles. The number of halogens is 1. The van der Waals surface area contributed by atoms with Crippen LogP contribution in [0.4, 0.5) is 0 Å². The monoisotopic (exact) mass is 306 g/mol. The van der Waals surface area contributed by atoms with Crippen molar-refractivity contribution in [3.05, 3.63) is 40.5 Å². The Balaban J connectivity index is 2.06. The zero-order valence-corrected chi connectivity index (χ0v) is 15.1. The van der Waals surface area contributed by atoms with Gasteiger partial charge in [-0.3, -0.25) is 0 Å². The van der Waals surface area contributed by atoms with E-state index >= 15 is 0 Å². The van der Waals surface area contributed by atoms with E-state index in [1.807, 2.05) is 0 Å². The molecular formula is C16H23ClSi2. The smallest absolute Gasteiger partial charge is 0.141 e. The minimum Gasteiger partial charge on any atom is -0.171 e. The van der Waals surface area contributed by atoms with Crippen molar-refractivity contribution in [3.8, 4) is 0 Å². The van der Waals surface area contributed by atoms with Crippen molar-refractivity contribution in [2.75, 3.05) is 0 Å². The lowest BCUT2D eigenvalue weighted by molar-refractivity contribution is 0.911. The van der Waals surface area contributed by atoms with Crippen molar-refractivity contribution >= 4 is 31.6 Å². The summed E-state index contributed by atoms with van der Waals surface area (Å²) in [5.41, 5.74) is 6.88. The summed E-state index contributed by atoms with van der Waals surface area (Å²) in [6.07, 6.45) is 8.69. The van der Waals surface area contributed by atoms with Crippen molar-refractivity contribution in [2.24, 2.45) is 0 Å². The van der Waals surface area contributed by atoms with Gasteiger partial charge in [-0.15, -0.1) is 0 Å². The maximum absolute atomic E-state index is 6.86. The lowest BCUT2D eigenvalue weighted by atomic mass is 10.0. The fourth-order valence-electron chi connectivity index (χ4n) is 3.38. The largest absolute Gasteiger partial charge is 0.171 e. The zero-order chi connectivity index (χ0) is 13.8. The van der Waals surface area contributed by atoms with Crippen LogP contribution in [0.15, 0.2) is 18.2 Å². The van der Waals surface area contributed by atoms with Crippen LogP contribution in [0.1, 0.15) is 34.2 Å². The van der Waals surface area contributed by atoms with E-state index in [0.29, 0.717) is 5.54 Å². The van der Waals surface area contributed by atoms with Gasteiger partial charge in [-0.2, -0.15) is 11.1 Å². The fraction of sp³-hybridized carbons (Fsp3) is 0.500. The normalized spacial score (nSPS) is 21.6. The second kappa shape index (κ2) is 4.34. The first-order chi connectivity index (χ1) is 8.80. The summed E-state index contributed by atoms with van der Waals surface area (Å²) in [5.74, 6) is 0. The molecule has 0 aromatic heterocycles. The predicted molar refractivity (Wildman–Crippen MR) is 91.1 cm³/mol. The van der Waals surface area contributed by atoms with Gasteiger partial charge in [-0.25, -0.2) is 0 Å². The highest BCUT2D eigenvalue weighted by atomic mass is 35.6. The molecule has 2 aliphatic carbocycles. The van der Waals surface area contributed by atoms with Gasteiger partial charge in [0, 0.05) is 0 Å². The van der Waals surface area contributed by atoms with Crippen LogP contribution in [0.3, 0.4) is 0 Å². The Morgan fingerprint density at radius 2 is 1.68 bits per heavy atom. The summed E-state index contributed by atoms with van der Waals surface area (Å²) in [4.78, 5) is 0. The van der Waals surface area contributed by atoms with Crippen molar-refractivity contribution < 1.29 is 0 Å². The molecule has 19 heavy (non-hydrogen) atoms. The van der Waals surface area contributed by atoms with Crippen LogP contribution in [0.5, 0.6) is 0 Å². The van der Waals surface area contributed by atoms with Gasteiger partial charge < -0.3 is 0 Å². The molecule has 1 aromatic rings. The van der Waals surface area contributed by atoms with Crippen LogP contribution >= 0.6 is 11.1 Å². The maximum Gasteiger partial charge on any atom is 0.141 e. The Morgan fingerprint density at radius 3 is 2.32 bits per heavy atom. The first-order valence-corrected chi connectivity index (χ1v) is 15.4. The molecule has 0 aliphatic heterocycles. The SMILES string of the molecule is C[Si](C)(Cl)[Si](C)(C)C1C=Cc2cc3c(cc21)CCC3. The average Bonchev–Trinajstić information content (AvgIpc) is 2.88. The van der Waals surface area contributed by atoms with E-state index in [2.05, 4.69) is 50.5 Å². The molecule has 2 aliphatic rings. The summed E-state index contributed by atoms with van der Waals surface area (Å²) >= 11 is 6.86. The summed E-state index contributed by atoms with van der Waals surface area (Å²) < 4.78 is 0. The van der Waals surface area contributed by atoms with E-state index in [1.165, 1.54) is 24.8 Å². The lowest BCUT2D eigenvalue weighted by Gasteiger charge is -2.38. The lowest BCUT2D eigenvalue weighted by Crippen LogP contribution is -2.54. The molecule has 0 spiro atoms. The molecule has 3 heteroatoms. The molecule has 0 saturated carbocycles. The Kier molecular flexibility index (Phi) is 3.12. The second-order valence-electron chi connectivity index (χ2n) is 7.13. The third-order valence-electron chi connectivity index (χ3n) is 5.41. The maximum atomic E-state index is 6.86. The van der Waals surface area contributed by atoms with Crippen LogP contribution in [0.2, 0.25) is 26.2 Å². The second-order valence-corrected chi connectivity index (χ2v) is 25.5. The first-order valence-electron chi connectivity index (χ1n) is 7.33. The number of aryl methyl sites for hydroxylation is 2. The van der Waals surface area contributed by atoms with Gasteiger partial charge in [-0.05, 0) is 47.1 Å². The molecule has 0 bridgehead atoms. The van der Waals surface area contributed by atoms with E-state index in [0.717, 1.165) is 0 Å². The number of benzene rings is 1.